The average molecular weight is 258 g/mol. The fourth-order valence-corrected chi connectivity index (χ4v) is 2.96. The molecule has 1 N–H and O–H groups in total. The molecule has 0 saturated heterocycles. The van der Waals surface area contributed by atoms with E-state index >= 15 is 0 Å². The predicted molar refractivity (Wildman–Crippen MR) is 77.3 cm³/mol. The van der Waals surface area contributed by atoms with Crippen LogP contribution in [0.2, 0.25) is 0 Å². The standard InChI is InChI=1S/C15H22N4/c1-10-7-8-13(9-11(10)2)16-15-17-14-6-4-5-12(3)19(14)18-15/h4-6,10-11,13H,7-9H2,1-3H3,(H,16,18). The molecule has 4 heteroatoms. The zero-order valence-corrected chi connectivity index (χ0v) is 11.9. The van der Waals surface area contributed by atoms with Crippen LogP contribution in [0.15, 0.2) is 18.2 Å². The third-order valence-electron chi connectivity index (χ3n) is 4.48. The predicted octanol–water partition coefficient (Wildman–Crippen LogP) is 3.27. The normalized spacial score (nSPS) is 27.6. The van der Waals surface area contributed by atoms with Crippen molar-refractivity contribution in [3.63, 3.8) is 0 Å². The summed E-state index contributed by atoms with van der Waals surface area (Å²) < 4.78 is 1.90. The molecule has 1 aliphatic rings. The smallest absolute Gasteiger partial charge is 0.243 e. The van der Waals surface area contributed by atoms with E-state index in [1.54, 1.807) is 0 Å². The van der Waals surface area contributed by atoms with Crippen LogP contribution >= 0.6 is 0 Å². The second kappa shape index (κ2) is 4.83. The molecular formula is C15H22N4. The molecule has 0 amide bonds. The van der Waals surface area contributed by atoms with Crippen molar-refractivity contribution >= 4 is 11.6 Å². The van der Waals surface area contributed by atoms with Crippen molar-refractivity contribution in [2.45, 2.75) is 46.1 Å². The molecule has 3 rings (SSSR count). The van der Waals surface area contributed by atoms with Gasteiger partial charge in [-0.15, -0.1) is 5.10 Å². The minimum absolute atomic E-state index is 0.518. The Labute approximate surface area is 114 Å². The van der Waals surface area contributed by atoms with Gasteiger partial charge in [0, 0.05) is 11.7 Å². The molecule has 102 valence electrons. The third-order valence-corrected chi connectivity index (χ3v) is 4.48. The molecule has 0 spiro atoms. The fourth-order valence-electron chi connectivity index (χ4n) is 2.96. The monoisotopic (exact) mass is 258 g/mol. The molecule has 2 aromatic rings. The highest BCUT2D eigenvalue weighted by Crippen LogP contribution is 2.30. The third kappa shape index (κ3) is 2.44. The van der Waals surface area contributed by atoms with Crippen molar-refractivity contribution in [1.82, 2.24) is 14.6 Å². The lowest BCUT2D eigenvalue weighted by atomic mass is 9.79. The van der Waals surface area contributed by atoms with Crippen molar-refractivity contribution in [3.8, 4) is 0 Å². The molecule has 4 nitrogen and oxygen atoms in total. The Kier molecular flexibility index (Phi) is 3.17. The van der Waals surface area contributed by atoms with Crippen LogP contribution in [-0.2, 0) is 0 Å². The molecule has 3 unspecified atom stereocenters. The van der Waals surface area contributed by atoms with Gasteiger partial charge in [-0.3, -0.25) is 0 Å². The first-order valence-corrected chi connectivity index (χ1v) is 7.22. The molecular weight excluding hydrogens is 236 g/mol. The minimum Gasteiger partial charge on any atom is -0.350 e. The number of fused-ring (bicyclic) bond motifs is 1. The number of rotatable bonds is 2. The Bertz CT molecular complexity index is 575. The van der Waals surface area contributed by atoms with Crippen LogP contribution in [-0.4, -0.2) is 20.6 Å². The number of nitrogens with zero attached hydrogens (tertiary/aromatic N) is 3. The van der Waals surface area contributed by atoms with Crippen molar-refractivity contribution in [2.24, 2.45) is 11.8 Å². The lowest BCUT2D eigenvalue weighted by molar-refractivity contribution is 0.260. The summed E-state index contributed by atoms with van der Waals surface area (Å²) >= 11 is 0. The summed E-state index contributed by atoms with van der Waals surface area (Å²) in [4.78, 5) is 4.55. The van der Waals surface area contributed by atoms with E-state index in [1.165, 1.54) is 19.3 Å². The van der Waals surface area contributed by atoms with Gasteiger partial charge >= 0.3 is 0 Å². The van der Waals surface area contributed by atoms with E-state index in [4.69, 9.17) is 0 Å². The summed E-state index contributed by atoms with van der Waals surface area (Å²) in [5.74, 6) is 2.39. The van der Waals surface area contributed by atoms with Crippen LogP contribution in [0, 0.1) is 18.8 Å². The molecule has 0 aromatic carbocycles. The van der Waals surface area contributed by atoms with E-state index in [9.17, 15) is 0 Å². The van der Waals surface area contributed by atoms with E-state index in [1.807, 2.05) is 16.6 Å². The van der Waals surface area contributed by atoms with Crippen LogP contribution in [0.3, 0.4) is 0 Å². The van der Waals surface area contributed by atoms with Gasteiger partial charge in [0.15, 0.2) is 5.65 Å². The molecule has 0 bridgehead atoms. The van der Waals surface area contributed by atoms with Gasteiger partial charge in [-0.1, -0.05) is 19.9 Å². The second-order valence-electron chi connectivity index (χ2n) is 5.98. The molecule has 1 fully saturated rings. The van der Waals surface area contributed by atoms with E-state index in [-0.39, 0.29) is 0 Å². The van der Waals surface area contributed by atoms with Crippen molar-refractivity contribution in [3.05, 3.63) is 23.9 Å². The van der Waals surface area contributed by atoms with Gasteiger partial charge in [0.1, 0.15) is 0 Å². The maximum atomic E-state index is 4.55. The lowest BCUT2D eigenvalue weighted by Gasteiger charge is -2.32. The van der Waals surface area contributed by atoms with Gasteiger partial charge < -0.3 is 5.32 Å². The number of hydrogen-bond donors (Lipinski definition) is 1. The number of hydrogen-bond acceptors (Lipinski definition) is 3. The zero-order valence-electron chi connectivity index (χ0n) is 11.9. The average Bonchev–Trinajstić information content (AvgIpc) is 2.78. The van der Waals surface area contributed by atoms with Crippen LogP contribution < -0.4 is 5.32 Å². The maximum Gasteiger partial charge on any atom is 0.243 e. The molecule has 0 aliphatic heterocycles. The lowest BCUT2D eigenvalue weighted by Crippen LogP contribution is -2.30. The number of anilines is 1. The van der Waals surface area contributed by atoms with Gasteiger partial charge in [0.25, 0.3) is 0 Å². The highest BCUT2D eigenvalue weighted by atomic mass is 15.4. The molecule has 3 atom stereocenters. The maximum absolute atomic E-state index is 4.55. The SMILES string of the molecule is Cc1cccc2nc(NC3CCC(C)C(C)C3)nn12. The van der Waals surface area contributed by atoms with Crippen LogP contribution in [0.4, 0.5) is 5.95 Å². The highest BCUT2D eigenvalue weighted by Gasteiger charge is 2.25. The van der Waals surface area contributed by atoms with Gasteiger partial charge in [-0.2, -0.15) is 4.98 Å². The largest absolute Gasteiger partial charge is 0.350 e. The summed E-state index contributed by atoms with van der Waals surface area (Å²) in [5.41, 5.74) is 2.03. The van der Waals surface area contributed by atoms with E-state index in [2.05, 4.69) is 42.2 Å². The number of aromatic nitrogens is 3. The van der Waals surface area contributed by atoms with E-state index in [0.29, 0.717) is 6.04 Å². The van der Waals surface area contributed by atoms with Gasteiger partial charge in [-0.25, -0.2) is 4.52 Å². The van der Waals surface area contributed by atoms with Crippen LogP contribution in [0.1, 0.15) is 38.8 Å². The van der Waals surface area contributed by atoms with Crippen LogP contribution in [0.5, 0.6) is 0 Å². The number of aryl methyl sites for hydroxylation is 1. The topological polar surface area (TPSA) is 42.2 Å². The summed E-state index contributed by atoms with van der Waals surface area (Å²) in [6.45, 7) is 6.75. The molecule has 1 saturated carbocycles. The van der Waals surface area contributed by atoms with E-state index in [0.717, 1.165) is 29.1 Å². The van der Waals surface area contributed by atoms with Crippen molar-refractivity contribution in [2.75, 3.05) is 5.32 Å². The Morgan fingerprint density at radius 2 is 2.05 bits per heavy atom. The Morgan fingerprint density at radius 1 is 1.21 bits per heavy atom. The van der Waals surface area contributed by atoms with Crippen molar-refractivity contribution < 1.29 is 0 Å². The quantitative estimate of drug-likeness (QED) is 0.899. The summed E-state index contributed by atoms with van der Waals surface area (Å²) in [6.07, 6.45) is 3.74. The van der Waals surface area contributed by atoms with Gasteiger partial charge in [-0.05, 0) is 50.2 Å². The Morgan fingerprint density at radius 3 is 2.79 bits per heavy atom. The van der Waals surface area contributed by atoms with E-state index < -0.39 is 0 Å². The van der Waals surface area contributed by atoms with Gasteiger partial charge in [0.2, 0.25) is 5.95 Å². The van der Waals surface area contributed by atoms with Gasteiger partial charge in [0.05, 0.1) is 0 Å². The number of pyridine rings is 1. The summed E-state index contributed by atoms with van der Waals surface area (Å²) in [6, 6.07) is 6.59. The first-order valence-electron chi connectivity index (χ1n) is 7.22. The molecule has 1 aliphatic carbocycles. The summed E-state index contributed by atoms with van der Waals surface area (Å²) in [5, 5.41) is 8.05. The second-order valence-corrected chi connectivity index (χ2v) is 5.98. The Balaban J connectivity index is 1.77. The molecule has 19 heavy (non-hydrogen) atoms. The number of nitrogens with one attached hydrogen (secondary N) is 1. The molecule has 2 heterocycles. The molecule has 0 radical (unpaired) electrons. The first kappa shape index (κ1) is 12.5. The zero-order chi connectivity index (χ0) is 13.4. The molecule has 2 aromatic heterocycles. The minimum atomic E-state index is 0.518. The Hall–Kier alpha value is -1.58. The van der Waals surface area contributed by atoms with Crippen molar-refractivity contribution in [1.29, 1.82) is 0 Å². The fraction of sp³-hybridized carbons (Fsp3) is 0.600. The van der Waals surface area contributed by atoms with Crippen LogP contribution in [0.25, 0.3) is 5.65 Å². The summed E-state index contributed by atoms with van der Waals surface area (Å²) in [7, 11) is 0. The highest BCUT2D eigenvalue weighted by molar-refractivity contribution is 5.44. The first-order chi connectivity index (χ1) is 9.13.